The topological polar surface area (TPSA) is 66.9 Å². The van der Waals surface area contributed by atoms with Crippen molar-refractivity contribution in [1.29, 1.82) is 0 Å². The largest absolute Gasteiger partial charge is 0.367 e. The number of amides is 1. The molecule has 0 bridgehead atoms. The van der Waals surface area contributed by atoms with Crippen LogP contribution < -0.4 is 4.90 Å². The van der Waals surface area contributed by atoms with Crippen molar-refractivity contribution in [3.05, 3.63) is 59.7 Å². The Morgan fingerprint density at radius 2 is 1.83 bits per heavy atom. The van der Waals surface area contributed by atoms with Crippen molar-refractivity contribution >= 4 is 21.6 Å². The van der Waals surface area contributed by atoms with Crippen LogP contribution in [0.3, 0.4) is 0 Å². The summed E-state index contributed by atoms with van der Waals surface area (Å²) in [5.74, 6) is -0.110. The molecular weight excluding hydrogens is 388 g/mol. The third kappa shape index (κ3) is 4.86. The summed E-state index contributed by atoms with van der Waals surface area (Å²) in [6.07, 6.45) is 1.55. The molecule has 0 radical (unpaired) electrons. The van der Waals surface area contributed by atoms with Crippen molar-refractivity contribution in [1.82, 2.24) is 4.31 Å². The number of anilines is 1. The Morgan fingerprint density at radius 1 is 1.10 bits per heavy atom. The Balaban J connectivity index is 1.72. The van der Waals surface area contributed by atoms with Crippen molar-refractivity contribution in [2.24, 2.45) is 0 Å². The molecule has 6 nitrogen and oxygen atoms in total. The number of hydrogen-bond acceptors (Lipinski definition) is 4. The molecule has 0 saturated heterocycles. The van der Waals surface area contributed by atoms with Crippen LogP contribution in [-0.4, -0.2) is 44.9 Å². The van der Waals surface area contributed by atoms with Crippen LogP contribution in [-0.2, 0) is 32.6 Å². The van der Waals surface area contributed by atoms with Crippen LogP contribution in [0.2, 0.25) is 0 Å². The molecule has 1 amide bonds. The number of carbonyl (C=O) groups excluding carboxylic acids is 1. The molecule has 29 heavy (non-hydrogen) atoms. The van der Waals surface area contributed by atoms with E-state index in [9.17, 15) is 13.2 Å². The highest BCUT2D eigenvalue weighted by Gasteiger charge is 2.27. The highest BCUT2D eigenvalue weighted by Crippen LogP contribution is 2.30. The SMILES string of the molecule is CCN(CC)S(=O)(=O)c1ccc2c(c1)CCCN2C(=O)COCc1ccccc1. The second-order valence-electron chi connectivity index (χ2n) is 7.01. The Bertz CT molecular complexity index is 941. The van der Waals surface area contributed by atoms with E-state index in [1.807, 2.05) is 44.2 Å². The van der Waals surface area contributed by atoms with E-state index in [1.54, 1.807) is 23.1 Å². The Hall–Kier alpha value is -2.22. The number of carbonyl (C=O) groups is 1. The fraction of sp³-hybridized carbons (Fsp3) is 0.409. The van der Waals surface area contributed by atoms with Gasteiger partial charge in [-0.3, -0.25) is 4.79 Å². The van der Waals surface area contributed by atoms with Gasteiger partial charge >= 0.3 is 0 Å². The Morgan fingerprint density at radius 3 is 2.52 bits per heavy atom. The monoisotopic (exact) mass is 416 g/mol. The van der Waals surface area contributed by atoms with E-state index in [0.29, 0.717) is 26.2 Å². The summed E-state index contributed by atoms with van der Waals surface area (Å²) in [4.78, 5) is 14.7. The number of rotatable bonds is 8. The van der Waals surface area contributed by atoms with Gasteiger partial charge in [0, 0.05) is 25.3 Å². The molecule has 1 aliphatic heterocycles. The molecule has 156 valence electrons. The van der Waals surface area contributed by atoms with Gasteiger partial charge in [0.15, 0.2) is 0 Å². The quantitative estimate of drug-likeness (QED) is 0.663. The van der Waals surface area contributed by atoms with Crippen molar-refractivity contribution in [3.63, 3.8) is 0 Å². The summed E-state index contributed by atoms with van der Waals surface area (Å²) < 4.78 is 32.6. The second-order valence-corrected chi connectivity index (χ2v) is 8.95. The van der Waals surface area contributed by atoms with Gasteiger partial charge in [-0.25, -0.2) is 8.42 Å². The predicted molar refractivity (Wildman–Crippen MR) is 113 cm³/mol. The fourth-order valence-corrected chi connectivity index (χ4v) is 5.12. The molecule has 7 heteroatoms. The molecule has 1 heterocycles. The molecule has 0 N–H and O–H groups in total. The van der Waals surface area contributed by atoms with E-state index >= 15 is 0 Å². The minimum Gasteiger partial charge on any atom is -0.367 e. The summed E-state index contributed by atoms with van der Waals surface area (Å²) >= 11 is 0. The van der Waals surface area contributed by atoms with Crippen LogP contribution in [0.5, 0.6) is 0 Å². The van der Waals surface area contributed by atoms with Gasteiger partial charge in [0.1, 0.15) is 6.61 Å². The number of aryl methyl sites for hydroxylation is 1. The van der Waals surface area contributed by atoms with Gasteiger partial charge < -0.3 is 9.64 Å². The van der Waals surface area contributed by atoms with E-state index in [2.05, 4.69) is 0 Å². The van der Waals surface area contributed by atoms with Crippen LogP contribution in [0, 0.1) is 0 Å². The zero-order valence-corrected chi connectivity index (χ0v) is 17.8. The molecule has 2 aromatic carbocycles. The highest BCUT2D eigenvalue weighted by atomic mass is 32.2. The molecular formula is C22H28N2O4S. The number of ether oxygens (including phenoxy) is 1. The lowest BCUT2D eigenvalue weighted by Gasteiger charge is -2.30. The van der Waals surface area contributed by atoms with Crippen LogP contribution in [0.15, 0.2) is 53.4 Å². The van der Waals surface area contributed by atoms with Gasteiger partial charge in [0.25, 0.3) is 5.91 Å². The van der Waals surface area contributed by atoms with Gasteiger partial charge in [0.05, 0.1) is 11.5 Å². The first-order valence-electron chi connectivity index (χ1n) is 10.0. The molecule has 2 aromatic rings. The van der Waals surface area contributed by atoms with Gasteiger partial charge in [-0.15, -0.1) is 0 Å². The minimum atomic E-state index is -3.51. The molecule has 0 aromatic heterocycles. The molecule has 1 aliphatic rings. The van der Waals surface area contributed by atoms with Crippen molar-refractivity contribution in [3.8, 4) is 0 Å². The first kappa shape index (κ1) is 21.5. The van der Waals surface area contributed by atoms with E-state index < -0.39 is 10.0 Å². The van der Waals surface area contributed by atoms with Gasteiger partial charge in [-0.05, 0) is 42.2 Å². The number of fused-ring (bicyclic) bond motifs is 1. The molecule has 0 saturated carbocycles. The average Bonchev–Trinajstić information content (AvgIpc) is 2.74. The summed E-state index contributed by atoms with van der Waals surface area (Å²) in [5, 5.41) is 0. The zero-order valence-electron chi connectivity index (χ0n) is 17.0. The first-order valence-corrected chi connectivity index (χ1v) is 11.5. The van der Waals surface area contributed by atoms with Crippen molar-refractivity contribution < 1.29 is 17.9 Å². The number of benzene rings is 2. The van der Waals surface area contributed by atoms with Crippen LogP contribution in [0.25, 0.3) is 0 Å². The van der Waals surface area contributed by atoms with Crippen molar-refractivity contribution in [2.75, 3.05) is 31.1 Å². The maximum atomic E-state index is 12.8. The van der Waals surface area contributed by atoms with Crippen LogP contribution >= 0.6 is 0 Å². The molecule has 0 aliphatic carbocycles. The summed E-state index contributed by atoms with van der Waals surface area (Å²) in [7, 11) is -3.51. The second kappa shape index (κ2) is 9.52. The van der Waals surface area contributed by atoms with E-state index in [-0.39, 0.29) is 17.4 Å². The smallest absolute Gasteiger partial charge is 0.252 e. The predicted octanol–water partition coefficient (Wildman–Crippen LogP) is 3.21. The van der Waals surface area contributed by atoms with E-state index in [0.717, 1.165) is 29.7 Å². The van der Waals surface area contributed by atoms with Gasteiger partial charge in [-0.2, -0.15) is 4.31 Å². The fourth-order valence-electron chi connectivity index (χ4n) is 3.61. The summed E-state index contributed by atoms with van der Waals surface area (Å²) in [6, 6.07) is 14.8. The first-order chi connectivity index (χ1) is 14.0. The molecule has 0 fully saturated rings. The maximum absolute atomic E-state index is 12.8. The number of hydrogen-bond donors (Lipinski definition) is 0. The lowest BCUT2D eigenvalue weighted by Crippen LogP contribution is -2.38. The third-order valence-corrected chi connectivity index (χ3v) is 7.20. The lowest BCUT2D eigenvalue weighted by molar-refractivity contribution is -0.123. The van der Waals surface area contributed by atoms with Crippen LogP contribution in [0.4, 0.5) is 5.69 Å². The molecule has 3 rings (SSSR count). The third-order valence-electron chi connectivity index (χ3n) is 5.15. The van der Waals surface area contributed by atoms with Crippen molar-refractivity contribution in [2.45, 2.75) is 38.2 Å². The maximum Gasteiger partial charge on any atom is 0.252 e. The Labute approximate surface area is 173 Å². The minimum absolute atomic E-state index is 0.00612. The van der Waals surface area contributed by atoms with E-state index in [4.69, 9.17) is 4.74 Å². The zero-order chi connectivity index (χ0) is 20.9. The van der Waals surface area contributed by atoms with Gasteiger partial charge in [-0.1, -0.05) is 44.2 Å². The normalized spacial score (nSPS) is 14.1. The molecule has 0 spiro atoms. The number of sulfonamides is 1. The average molecular weight is 417 g/mol. The summed E-state index contributed by atoms with van der Waals surface area (Å²) in [6.45, 7) is 5.51. The standard InChI is InChI=1S/C22H28N2O4S/c1-3-23(4-2)29(26,27)20-12-13-21-19(15-20)11-8-14-24(21)22(25)17-28-16-18-9-6-5-7-10-18/h5-7,9-10,12-13,15H,3-4,8,11,14,16-17H2,1-2H3. The van der Waals surface area contributed by atoms with E-state index in [1.165, 1.54) is 4.31 Å². The van der Waals surface area contributed by atoms with Gasteiger partial charge in [0.2, 0.25) is 10.0 Å². The Kier molecular flexibility index (Phi) is 7.05. The highest BCUT2D eigenvalue weighted by molar-refractivity contribution is 7.89. The summed E-state index contributed by atoms with van der Waals surface area (Å²) in [5.41, 5.74) is 2.69. The number of nitrogens with zero attached hydrogens (tertiary/aromatic N) is 2. The lowest BCUT2D eigenvalue weighted by atomic mass is 10.0. The molecule has 0 atom stereocenters. The molecule has 0 unspecified atom stereocenters. The van der Waals surface area contributed by atoms with Crippen LogP contribution in [0.1, 0.15) is 31.4 Å².